The van der Waals surface area contributed by atoms with E-state index in [1.54, 1.807) is 11.8 Å². The van der Waals surface area contributed by atoms with Gasteiger partial charge in [0.1, 0.15) is 0 Å². The third-order valence-corrected chi connectivity index (χ3v) is 4.18. The number of nitrogens with two attached hydrogens (primary N) is 1. The van der Waals surface area contributed by atoms with Crippen LogP contribution in [0.25, 0.3) is 0 Å². The van der Waals surface area contributed by atoms with E-state index >= 15 is 0 Å². The molecule has 0 fully saturated rings. The van der Waals surface area contributed by atoms with Crippen LogP contribution >= 0.6 is 23.4 Å². The Hall–Kier alpha value is -0.180. The standard InChI is InChI=1S/C11H16ClNS/c1-8(2)11(7-13)14-10-6-4-3-5-9(10)12/h3-6,8,11H,7,13H2,1-2H3. The Morgan fingerprint density at radius 1 is 1.36 bits per heavy atom. The molecule has 0 aliphatic heterocycles. The maximum absolute atomic E-state index is 6.07. The van der Waals surface area contributed by atoms with Crippen molar-refractivity contribution in [2.75, 3.05) is 6.54 Å². The second-order valence-corrected chi connectivity index (χ2v) is 5.25. The van der Waals surface area contributed by atoms with Gasteiger partial charge in [-0.25, -0.2) is 0 Å². The van der Waals surface area contributed by atoms with Gasteiger partial charge in [0.15, 0.2) is 0 Å². The Morgan fingerprint density at radius 3 is 2.50 bits per heavy atom. The molecule has 1 aromatic rings. The lowest BCUT2D eigenvalue weighted by Crippen LogP contribution is -2.22. The van der Waals surface area contributed by atoms with E-state index in [0.717, 1.165) is 9.92 Å². The van der Waals surface area contributed by atoms with Crippen LogP contribution in [0.1, 0.15) is 13.8 Å². The number of hydrogen-bond acceptors (Lipinski definition) is 2. The van der Waals surface area contributed by atoms with E-state index in [-0.39, 0.29) is 0 Å². The highest BCUT2D eigenvalue weighted by Gasteiger charge is 2.13. The predicted octanol–water partition coefficient (Wildman–Crippen LogP) is 3.42. The molecule has 3 heteroatoms. The molecule has 14 heavy (non-hydrogen) atoms. The molecule has 1 unspecified atom stereocenters. The molecule has 0 radical (unpaired) electrons. The van der Waals surface area contributed by atoms with Gasteiger partial charge < -0.3 is 5.73 Å². The average molecular weight is 230 g/mol. The SMILES string of the molecule is CC(C)C(CN)Sc1ccccc1Cl. The molecule has 0 aliphatic rings. The predicted molar refractivity (Wildman–Crippen MR) is 65.0 cm³/mol. The second kappa shape index (κ2) is 5.64. The molecule has 1 nitrogen and oxygen atoms in total. The van der Waals surface area contributed by atoms with Crippen LogP contribution < -0.4 is 5.73 Å². The summed E-state index contributed by atoms with van der Waals surface area (Å²) in [7, 11) is 0. The normalized spacial score (nSPS) is 13.2. The molecule has 0 spiro atoms. The van der Waals surface area contributed by atoms with Crippen molar-refractivity contribution in [3.05, 3.63) is 29.3 Å². The first-order valence-electron chi connectivity index (χ1n) is 4.76. The first-order chi connectivity index (χ1) is 6.65. The van der Waals surface area contributed by atoms with Crippen LogP contribution in [0, 0.1) is 5.92 Å². The lowest BCUT2D eigenvalue weighted by molar-refractivity contribution is 0.613. The van der Waals surface area contributed by atoms with Crippen LogP contribution in [0.2, 0.25) is 5.02 Å². The molecule has 0 aromatic heterocycles. The van der Waals surface area contributed by atoms with Gasteiger partial charge in [-0.2, -0.15) is 0 Å². The summed E-state index contributed by atoms with van der Waals surface area (Å²) in [5.74, 6) is 0.571. The minimum absolute atomic E-state index is 0.440. The summed E-state index contributed by atoms with van der Waals surface area (Å²) in [5.41, 5.74) is 5.71. The second-order valence-electron chi connectivity index (χ2n) is 3.57. The molecule has 78 valence electrons. The van der Waals surface area contributed by atoms with Crippen molar-refractivity contribution >= 4 is 23.4 Å². The molecule has 0 amide bonds. The Balaban J connectivity index is 2.72. The molecule has 1 rings (SSSR count). The summed E-state index contributed by atoms with van der Waals surface area (Å²) in [6, 6.07) is 7.90. The monoisotopic (exact) mass is 229 g/mol. The average Bonchev–Trinajstić information content (AvgIpc) is 2.16. The third-order valence-electron chi connectivity index (χ3n) is 2.09. The Labute approximate surface area is 95.0 Å². The fourth-order valence-corrected chi connectivity index (χ4v) is 2.46. The van der Waals surface area contributed by atoms with E-state index in [9.17, 15) is 0 Å². The largest absolute Gasteiger partial charge is 0.329 e. The van der Waals surface area contributed by atoms with Crippen molar-refractivity contribution in [3.63, 3.8) is 0 Å². The van der Waals surface area contributed by atoms with Gasteiger partial charge in [0.05, 0.1) is 5.02 Å². The van der Waals surface area contributed by atoms with Crippen molar-refractivity contribution in [3.8, 4) is 0 Å². The molecular weight excluding hydrogens is 214 g/mol. The molecule has 1 atom stereocenters. The Bertz CT molecular complexity index is 288. The fourth-order valence-electron chi connectivity index (χ4n) is 1.16. The number of thioether (sulfide) groups is 1. The summed E-state index contributed by atoms with van der Waals surface area (Å²) in [4.78, 5) is 1.12. The maximum Gasteiger partial charge on any atom is 0.0541 e. The van der Waals surface area contributed by atoms with E-state index in [1.165, 1.54) is 0 Å². The van der Waals surface area contributed by atoms with E-state index in [4.69, 9.17) is 17.3 Å². The van der Waals surface area contributed by atoms with Gasteiger partial charge in [-0.05, 0) is 18.1 Å². The summed E-state index contributed by atoms with van der Waals surface area (Å²) >= 11 is 7.83. The lowest BCUT2D eigenvalue weighted by atomic mass is 10.1. The highest BCUT2D eigenvalue weighted by molar-refractivity contribution is 8.00. The number of benzene rings is 1. The zero-order valence-corrected chi connectivity index (χ0v) is 10.1. The van der Waals surface area contributed by atoms with Gasteiger partial charge >= 0.3 is 0 Å². The Morgan fingerprint density at radius 2 is 2.00 bits per heavy atom. The molecule has 0 saturated heterocycles. The quantitative estimate of drug-likeness (QED) is 0.801. The fraction of sp³-hybridized carbons (Fsp3) is 0.455. The van der Waals surface area contributed by atoms with Crippen molar-refractivity contribution in [1.82, 2.24) is 0 Å². The first kappa shape index (κ1) is 11.9. The van der Waals surface area contributed by atoms with Crippen molar-refractivity contribution in [2.24, 2.45) is 11.7 Å². The maximum atomic E-state index is 6.07. The van der Waals surface area contributed by atoms with Gasteiger partial charge in [0, 0.05) is 16.7 Å². The molecule has 0 heterocycles. The zero-order chi connectivity index (χ0) is 10.6. The smallest absolute Gasteiger partial charge is 0.0541 e. The van der Waals surface area contributed by atoms with Crippen LogP contribution in [-0.4, -0.2) is 11.8 Å². The van der Waals surface area contributed by atoms with Gasteiger partial charge in [-0.1, -0.05) is 37.6 Å². The van der Waals surface area contributed by atoms with E-state index in [0.29, 0.717) is 17.7 Å². The molecule has 0 bridgehead atoms. The number of rotatable bonds is 4. The van der Waals surface area contributed by atoms with Crippen LogP contribution in [0.4, 0.5) is 0 Å². The molecule has 0 saturated carbocycles. The van der Waals surface area contributed by atoms with E-state index in [2.05, 4.69) is 13.8 Å². The van der Waals surface area contributed by atoms with Gasteiger partial charge in [-0.3, -0.25) is 0 Å². The summed E-state index contributed by atoms with van der Waals surface area (Å²) in [6.07, 6.45) is 0. The minimum Gasteiger partial charge on any atom is -0.329 e. The van der Waals surface area contributed by atoms with Gasteiger partial charge in [0.25, 0.3) is 0 Å². The molecule has 1 aromatic carbocycles. The third kappa shape index (κ3) is 3.19. The number of halogens is 1. The van der Waals surface area contributed by atoms with Crippen molar-refractivity contribution in [2.45, 2.75) is 24.0 Å². The Kier molecular flexibility index (Phi) is 4.79. The minimum atomic E-state index is 0.440. The summed E-state index contributed by atoms with van der Waals surface area (Å²) < 4.78 is 0. The van der Waals surface area contributed by atoms with Gasteiger partial charge in [-0.15, -0.1) is 11.8 Å². The van der Waals surface area contributed by atoms with Crippen molar-refractivity contribution < 1.29 is 0 Å². The highest BCUT2D eigenvalue weighted by Crippen LogP contribution is 2.32. The van der Waals surface area contributed by atoms with Crippen LogP contribution in [0.3, 0.4) is 0 Å². The number of hydrogen-bond donors (Lipinski definition) is 1. The summed E-state index contributed by atoms with van der Waals surface area (Å²) in [5, 5.41) is 1.26. The topological polar surface area (TPSA) is 26.0 Å². The zero-order valence-electron chi connectivity index (χ0n) is 8.53. The molecule has 2 N–H and O–H groups in total. The van der Waals surface area contributed by atoms with Crippen LogP contribution in [-0.2, 0) is 0 Å². The lowest BCUT2D eigenvalue weighted by Gasteiger charge is -2.18. The van der Waals surface area contributed by atoms with Crippen LogP contribution in [0.15, 0.2) is 29.2 Å². The highest BCUT2D eigenvalue weighted by atomic mass is 35.5. The van der Waals surface area contributed by atoms with Crippen molar-refractivity contribution in [1.29, 1.82) is 0 Å². The molecule has 0 aliphatic carbocycles. The van der Waals surface area contributed by atoms with E-state index < -0.39 is 0 Å². The van der Waals surface area contributed by atoms with Crippen LogP contribution in [0.5, 0.6) is 0 Å². The van der Waals surface area contributed by atoms with Gasteiger partial charge in [0.2, 0.25) is 0 Å². The first-order valence-corrected chi connectivity index (χ1v) is 6.02. The summed E-state index contributed by atoms with van der Waals surface area (Å²) in [6.45, 7) is 5.05. The van der Waals surface area contributed by atoms with E-state index in [1.807, 2.05) is 24.3 Å². The molecular formula is C11H16ClNS.